The molecule has 0 aliphatic heterocycles. The molecule has 0 bridgehead atoms. The molecule has 1 rings (SSSR count). The molecule has 0 radical (unpaired) electrons. The number of aliphatic hydroxyl groups is 2. The average molecular weight is 200 g/mol. The number of hydrogen-bond acceptors (Lipinski definition) is 2. The van der Waals surface area contributed by atoms with Gasteiger partial charge in [0.2, 0.25) is 0 Å². The summed E-state index contributed by atoms with van der Waals surface area (Å²) in [6.45, 7) is 0.510. The molecule has 2 nitrogen and oxygen atoms in total. The topological polar surface area (TPSA) is 40.5 Å². The highest BCUT2D eigenvalue weighted by atomic mass is 16.3. The zero-order valence-corrected chi connectivity index (χ0v) is 9.12. The highest BCUT2D eigenvalue weighted by Gasteiger charge is 2.19. The first-order valence-corrected chi connectivity index (χ1v) is 6.10. The molecule has 0 heterocycles. The van der Waals surface area contributed by atoms with Gasteiger partial charge in [0.15, 0.2) is 0 Å². The van der Waals surface area contributed by atoms with E-state index >= 15 is 0 Å². The first-order valence-electron chi connectivity index (χ1n) is 6.10. The summed E-state index contributed by atoms with van der Waals surface area (Å²) in [5.41, 5.74) is 0. The summed E-state index contributed by atoms with van der Waals surface area (Å²) in [5, 5.41) is 18.5. The van der Waals surface area contributed by atoms with E-state index in [0.29, 0.717) is 11.8 Å². The van der Waals surface area contributed by atoms with Crippen LogP contribution < -0.4 is 0 Å². The zero-order valence-electron chi connectivity index (χ0n) is 9.12. The molecule has 0 spiro atoms. The third kappa shape index (κ3) is 3.97. The normalized spacial score (nSPS) is 31.3. The van der Waals surface area contributed by atoms with Crippen LogP contribution in [0.4, 0.5) is 0 Å². The lowest BCUT2D eigenvalue weighted by Crippen LogP contribution is -2.22. The summed E-state index contributed by atoms with van der Waals surface area (Å²) < 4.78 is 0. The van der Waals surface area contributed by atoms with Crippen molar-refractivity contribution in [3.05, 3.63) is 0 Å². The van der Waals surface area contributed by atoms with Crippen LogP contribution in [0.1, 0.15) is 51.4 Å². The van der Waals surface area contributed by atoms with Crippen molar-refractivity contribution in [3.63, 3.8) is 0 Å². The second kappa shape index (κ2) is 7.24. The quantitative estimate of drug-likeness (QED) is 0.718. The van der Waals surface area contributed by atoms with Crippen molar-refractivity contribution in [1.82, 2.24) is 0 Å². The summed E-state index contributed by atoms with van der Waals surface area (Å²) in [6, 6.07) is 0. The highest BCUT2D eigenvalue weighted by Crippen LogP contribution is 2.26. The molecule has 1 fully saturated rings. The van der Waals surface area contributed by atoms with Gasteiger partial charge in [-0.25, -0.2) is 0 Å². The minimum absolute atomic E-state index is 0.255. The maximum absolute atomic E-state index is 9.26. The third-order valence-corrected chi connectivity index (χ3v) is 3.54. The molecule has 0 aromatic heterocycles. The van der Waals surface area contributed by atoms with Gasteiger partial charge in [0.1, 0.15) is 0 Å². The summed E-state index contributed by atoms with van der Waals surface area (Å²) in [7, 11) is 0. The van der Waals surface area contributed by atoms with Gasteiger partial charge in [-0.3, -0.25) is 0 Å². The number of rotatable bonds is 2. The van der Waals surface area contributed by atoms with E-state index in [9.17, 15) is 10.2 Å². The van der Waals surface area contributed by atoms with Gasteiger partial charge in [-0.05, 0) is 24.7 Å². The van der Waals surface area contributed by atoms with Crippen molar-refractivity contribution < 1.29 is 10.2 Å². The smallest absolute Gasteiger partial charge is 0.0462 e. The van der Waals surface area contributed by atoms with Crippen LogP contribution in [0.3, 0.4) is 0 Å². The van der Waals surface area contributed by atoms with Gasteiger partial charge < -0.3 is 10.2 Å². The Balaban J connectivity index is 2.40. The number of hydrogen-bond donors (Lipinski definition) is 2. The van der Waals surface area contributed by atoms with E-state index in [-0.39, 0.29) is 13.2 Å². The molecular weight excluding hydrogens is 176 g/mol. The van der Waals surface area contributed by atoms with Crippen LogP contribution in [0.15, 0.2) is 0 Å². The van der Waals surface area contributed by atoms with E-state index in [1.807, 2.05) is 0 Å². The van der Waals surface area contributed by atoms with Gasteiger partial charge in [0, 0.05) is 13.2 Å². The Morgan fingerprint density at radius 1 is 0.643 bits per heavy atom. The van der Waals surface area contributed by atoms with Crippen molar-refractivity contribution in [2.24, 2.45) is 11.8 Å². The lowest BCUT2D eigenvalue weighted by atomic mass is 9.84. The Morgan fingerprint density at radius 3 is 1.36 bits per heavy atom. The van der Waals surface area contributed by atoms with Crippen LogP contribution in [-0.2, 0) is 0 Å². The summed E-state index contributed by atoms with van der Waals surface area (Å²) >= 11 is 0. The largest absolute Gasteiger partial charge is 0.396 e. The predicted molar refractivity (Wildman–Crippen MR) is 58.1 cm³/mol. The fourth-order valence-electron chi connectivity index (χ4n) is 2.47. The van der Waals surface area contributed by atoms with Crippen LogP contribution >= 0.6 is 0 Å². The van der Waals surface area contributed by atoms with E-state index in [2.05, 4.69) is 0 Å². The predicted octanol–water partition coefficient (Wildman–Crippen LogP) is 2.34. The molecule has 0 amide bonds. The molecule has 2 heteroatoms. The highest BCUT2D eigenvalue weighted by molar-refractivity contribution is 4.70. The Labute approximate surface area is 87.3 Å². The first kappa shape index (κ1) is 12.0. The van der Waals surface area contributed by atoms with Crippen LogP contribution in [-0.4, -0.2) is 23.4 Å². The van der Waals surface area contributed by atoms with Gasteiger partial charge in [0.05, 0.1) is 0 Å². The van der Waals surface area contributed by atoms with Crippen LogP contribution in [0.2, 0.25) is 0 Å². The van der Waals surface area contributed by atoms with Gasteiger partial charge in [0.25, 0.3) is 0 Å². The SMILES string of the molecule is OCC1CCCCCCCCC1CO. The maximum Gasteiger partial charge on any atom is 0.0462 e. The molecule has 14 heavy (non-hydrogen) atoms. The van der Waals surface area contributed by atoms with Gasteiger partial charge in [-0.15, -0.1) is 0 Å². The minimum Gasteiger partial charge on any atom is -0.396 e. The van der Waals surface area contributed by atoms with E-state index in [0.717, 1.165) is 12.8 Å². The Hall–Kier alpha value is -0.0800. The van der Waals surface area contributed by atoms with Crippen molar-refractivity contribution >= 4 is 0 Å². The maximum atomic E-state index is 9.26. The summed E-state index contributed by atoms with van der Waals surface area (Å²) in [4.78, 5) is 0. The molecule has 0 aromatic rings. The van der Waals surface area contributed by atoms with Crippen molar-refractivity contribution in [3.8, 4) is 0 Å². The van der Waals surface area contributed by atoms with E-state index < -0.39 is 0 Å². The van der Waals surface area contributed by atoms with Crippen molar-refractivity contribution in [2.75, 3.05) is 13.2 Å². The van der Waals surface area contributed by atoms with Crippen molar-refractivity contribution in [2.45, 2.75) is 51.4 Å². The molecule has 1 aliphatic rings. The zero-order chi connectivity index (χ0) is 10.2. The van der Waals surface area contributed by atoms with Crippen molar-refractivity contribution in [1.29, 1.82) is 0 Å². The average Bonchev–Trinajstić information content (AvgIpc) is 2.24. The lowest BCUT2D eigenvalue weighted by Gasteiger charge is -2.24. The molecule has 0 saturated heterocycles. The summed E-state index contributed by atoms with van der Waals surface area (Å²) in [6.07, 6.45) is 9.94. The molecule has 2 atom stereocenters. The second-order valence-corrected chi connectivity index (χ2v) is 4.58. The van der Waals surface area contributed by atoms with Crippen LogP contribution in [0.5, 0.6) is 0 Å². The number of aliphatic hydroxyl groups excluding tert-OH is 2. The summed E-state index contributed by atoms with van der Waals surface area (Å²) in [5.74, 6) is 0.691. The molecular formula is C12H24O2. The molecule has 1 saturated carbocycles. The molecule has 2 N–H and O–H groups in total. The third-order valence-electron chi connectivity index (χ3n) is 3.54. The fourth-order valence-corrected chi connectivity index (χ4v) is 2.47. The van der Waals surface area contributed by atoms with Gasteiger partial charge in [-0.2, -0.15) is 0 Å². The van der Waals surface area contributed by atoms with E-state index in [4.69, 9.17) is 0 Å². The molecule has 84 valence electrons. The second-order valence-electron chi connectivity index (χ2n) is 4.58. The minimum atomic E-state index is 0.255. The fraction of sp³-hybridized carbons (Fsp3) is 1.00. The lowest BCUT2D eigenvalue weighted by molar-refractivity contribution is 0.103. The van der Waals surface area contributed by atoms with Crippen LogP contribution in [0.25, 0.3) is 0 Å². The monoisotopic (exact) mass is 200 g/mol. The Kier molecular flexibility index (Phi) is 6.20. The van der Waals surface area contributed by atoms with Crippen LogP contribution in [0, 0.1) is 11.8 Å². The van der Waals surface area contributed by atoms with E-state index in [1.54, 1.807) is 0 Å². The standard InChI is InChI=1S/C12H24O2/c13-9-11-7-5-3-1-2-4-6-8-12(11)10-14/h11-14H,1-10H2. The molecule has 2 unspecified atom stereocenters. The van der Waals surface area contributed by atoms with E-state index in [1.165, 1.54) is 38.5 Å². The first-order chi connectivity index (χ1) is 6.88. The van der Waals surface area contributed by atoms with Gasteiger partial charge >= 0.3 is 0 Å². The van der Waals surface area contributed by atoms with Gasteiger partial charge in [-0.1, -0.05) is 38.5 Å². The molecule has 1 aliphatic carbocycles. The Morgan fingerprint density at radius 2 is 1.00 bits per heavy atom. The Bertz CT molecular complexity index is 120. The molecule has 0 aromatic carbocycles.